The summed E-state index contributed by atoms with van der Waals surface area (Å²) in [7, 11) is 0. The Balaban J connectivity index is 2.65. The van der Waals surface area contributed by atoms with Gasteiger partial charge in [0.1, 0.15) is 6.04 Å². The number of carboxylic acids is 1. The summed E-state index contributed by atoms with van der Waals surface area (Å²) >= 11 is 3.36. The molecule has 0 aliphatic rings. The van der Waals surface area contributed by atoms with Gasteiger partial charge in [-0.25, -0.2) is 4.79 Å². The lowest BCUT2D eigenvalue weighted by atomic mass is 10.2. The monoisotopic (exact) mass is 311 g/mol. The number of nitrogens with one attached hydrogen (secondary N) is 1. The Labute approximate surface area is 114 Å². The number of aliphatic carboxylic acids is 1. The molecule has 96 valence electrons. The predicted molar refractivity (Wildman–Crippen MR) is 73.0 cm³/mol. The summed E-state index contributed by atoms with van der Waals surface area (Å²) in [4.78, 5) is 22.3. The van der Waals surface area contributed by atoms with Crippen molar-refractivity contribution in [2.75, 3.05) is 0 Å². The number of carbonyl (C=O) groups excluding carboxylic acids is 1. The maximum Gasteiger partial charge on any atom is 0.326 e. The van der Waals surface area contributed by atoms with Gasteiger partial charge in [-0.2, -0.15) is 0 Å². The number of halogens is 1. The van der Waals surface area contributed by atoms with Gasteiger partial charge < -0.3 is 10.4 Å². The molecular weight excluding hydrogens is 298 g/mol. The highest BCUT2D eigenvalue weighted by Gasteiger charge is 2.15. The molecule has 0 aliphatic carbocycles. The van der Waals surface area contributed by atoms with Gasteiger partial charge in [0.2, 0.25) is 5.91 Å². The molecule has 5 heteroatoms. The van der Waals surface area contributed by atoms with Gasteiger partial charge in [-0.05, 0) is 24.1 Å². The van der Waals surface area contributed by atoms with Crippen molar-refractivity contribution in [3.05, 3.63) is 40.4 Å². The normalized spacial score (nSPS) is 12.3. The molecule has 0 aromatic heterocycles. The van der Waals surface area contributed by atoms with Crippen molar-refractivity contribution < 1.29 is 14.7 Å². The van der Waals surface area contributed by atoms with Crippen LogP contribution in [0.3, 0.4) is 0 Å². The molecule has 0 saturated heterocycles. The summed E-state index contributed by atoms with van der Waals surface area (Å²) in [6, 6.07) is 6.60. The Morgan fingerprint density at radius 1 is 1.44 bits per heavy atom. The van der Waals surface area contributed by atoms with E-state index in [2.05, 4.69) is 21.2 Å². The number of carbonyl (C=O) groups is 2. The standard InChI is InChI=1S/C13H14BrNO3/c1-2-11(13(17)18)15-12(16)8-7-9-5-3-4-6-10(9)14/h3-8,11H,2H2,1H3,(H,15,16)(H,17,18)/b8-7+/t11-/m0/s1. The molecule has 0 saturated carbocycles. The maximum absolute atomic E-state index is 11.5. The van der Waals surface area contributed by atoms with Crippen LogP contribution in [0.25, 0.3) is 6.08 Å². The molecule has 1 rings (SSSR count). The second-order valence-corrected chi connectivity index (χ2v) is 4.52. The molecule has 0 bridgehead atoms. The molecule has 0 radical (unpaired) electrons. The average molecular weight is 312 g/mol. The fourth-order valence-electron chi connectivity index (χ4n) is 1.33. The summed E-state index contributed by atoms with van der Waals surface area (Å²) in [5.41, 5.74) is 0.857. The van der Waals surface area contributed by atoms with Gasteiger partial charge >= 0.3 is 5.97 Å². The highest BCUT2D eigenvalue weighted by molar-refractivity contribution is 9.10. The Hall–Kier alpha value is -1.62. The SMILES string of the molecule is CC[C@H](NC(=O)/C=C/c1ccccc1Br)C(=O)O. The van der Waals surface area contributed by atoms with Gasteiger partial charge in [0.05, 0.1) is 0 Å². The first-order chi connectivity index (χ1) is 8.54. The highest BCUT2D eigenvalue weighted by atomic mass is 79.9. The molecule has 0 spiro atoms. The molecule has 0 aliphatic heterocycles. The largest absolute Gasteiger partial charge is 0.480 e. The van der Waals surface area contributed by atoms with Gasteiger partial charge in [-0.3, -0.25) is 4.79 Å². The molecule has 4 nitrogen and oxygen atoms in total. The van der Waals surface area contributed by atoms with Crippen LogP contribution in [0.1, 0.15) is 18.9 Å². The first kappa shape index (κ1) is 14.4. The van der Waals surface area contributed by atoms with E-state index in [1.54, 1.807) is 13.0 Å². The smallest absolute Gasteiger partial charge is 0.326 e. The molecule has 1 aromatic rings. The summed E-state index contributed by atoms with van der Waals surface area (Å²) in [5.74, 6) is -1.44. The van der Waals surface area contributed by atoms with E-state index in [9.17, 15) is 9.59 Å². The summed E-state index contributed by atoms with van der Waals surface area (Å²) in [5, 5.41) is 11.2. The molecule has 18 heavy (non-hydrogen) atoms. The van der Waals surface area contributed by atoms with Gasteiger partial charge in [0.25, 0.3) is 0 Å². The summed E-state index contributed by atoms with van der Waals surface area (Å²) in [6.07, 6.45) is 3.31. The Morgan fingerprint density at radius 3 is 2.67 bits per heavy atom. The zero-order valence-electron chi connectivity index (χ0n) is 9.89. The van der Waals surface area contributed by atoms with Crippen molar-refractivity contribution in [1.82, 2.24) is 5.32 Å². The van der Waals surface area contributed by atoms with Crippen LogP contribution in [0.2, 0.25) is 0 Å². The van der Waals surface area contributed by atoms with Crippen LogP contribution >= 0.6 is 15.9 Å². The third-order valence-corrected chi connectivity index (χ3v) is 3.06. The fraction of sp³-hybridized carbons (Fsp3) is 0.231. The van der Waals surface area contributed by atoms with E-state index in [4.69, 9.17) is 5.11 Å². The number of benzene rings is 1. The highest BCUT2D eigenvalue weighted by Crippen LogP contribution is 2.16. The number of rotatable bonds is 5. The van der Waals surface area contributed by atoms with E-state index in [1.165, 1.54) is 6.08 Å². The second kappa shape index (κ2) is 6.96. The Morgan fingerprint density at radius 2 is 2.11 bits per heavy atom. The van der Waals surface area contributed by atoms with Gasteiger partial charge in [0.15, 0.2) is 0 Å². The predicted octanol–water partition coefficient (Wildman–Crippen LogP) is 2.44. The lowest BCUT2D eigenvalue weighted by Crippen LogP contribution is -2.39. The van der Waals surface area contributed by atoms with E-state index in [-0.39, 0.29) is 0 Å². The van der Waals surface area contributed by atoms with E-state index >= 15 is 0 Å². The van der Waals surface area contributed by atoms with Crippen molar-refractivity contribution in [2.45, 2.75) is 19.4 Å². The van der Waals surface area contributed by atoms with E-state index in [0.29, 0.717) is 6.42 Å². The van der Waals surface area contributed by atoms with Crippen LogP contribution in [0.15, 0.2) is 34.8 Å². The molecule has 0 heterocycles. The minimum atomic E-state index is -1.03. The first-order valence-electron chi connectivity index (χ1n) is 5.50. The first-order valence-corrected chi connectivity index (χ1v) is 6.29. The quantitative estimate of drug-likeness (QED) is 0.821. The third-order valence-electron chi connectivity index (χ3n) is 2.34. The van der Waals surface area contributed by atoms with Gasteiger partial charge in [-0.1, -0.05) is 41.1 Å². The van der Waals surface area contributed by atoms with Crippen molar-refractivity contribution in [2.24, 2.45) is 0 Å². The van der Waals surface area contributed by atoms with E-state index in [0.717, 1.165) is 10.0 Å². The lowest BCUT2D eigenvalue weighted by molar-refractivity contribution is -0.141. The van der Waals surface area contributed by atoms with E-state index < -0.39 is 17.9 Å². The average Bonchev–Trinajstić information content (AvgIpc) is 2.34. The molecular formula is C13H14BrNO3. The van der Waals surface area contributed by atoms with Crippen molar-refractivity contribution in [3.63, 3.8) is 0 Å². The van der Waals surface area contributed by atoms with Crippen LogP contribution in [0, 0.1) is 0 Å². The van der Waals surface area contributed by atoms with Crippen molar-refractivity contribution in [3.8, 4) is 0 Å². The van der Waals surface area contributed by atoms with Crippen molar-refractivity contribution in [1.29, 1.82) is 0 Å². The zero-order valence-corrected chi connectivity index (χ0v) is 11.5. The number of hydrogen-bond acceptors (Lipinski definition) is 2. The number of carboxylic acid groups (broad SMARTS) is 1. The minimum Gasteiger partial charge on any atom is -0.480 e. The molecule has 2 N–H and O–H groups in total. The van der Waals surface area contributed by atoms with Crippen LogP contribution in [0.5, 0.6) is 0 Å². The topological polar surface area (TPSA) is 66.4 Å². The Bertz CT molecular complexity index is 471. The molecule has 0 unspecified atom stereocenters. The summed E-state index contributed by atoms with van der Waals surface area (Å²) in [6.45, 7) is 1.70. The number of amides is 1. The molecule has 1 amide bonds. The summed E-state index contributed by atoms with van der Waals surface area (Å²) < 4.78 is 0.874. The lowest BCUT2D eigenvalue weighted by Gasteiger charge is -2.09. The van der Waals surface area contributed by atoms with Gasteiger partial charge in [0, 0.05) is 10.5 Å². The second-order valence-electron chi connectivity index (χ2n) is 3.66. The number of hydrogen-bond donors (Lipinski definition) is 2. The molecule has 0 fully saturated rings. The minimum absolute atomic E-state index is 0.351. The fourth-order valence-corrected chi connectivity index (χ4v) is 1.75. The van der Waals surface area contributed by atoms with Crippen LogP contribution in [-0.2, 0) is 9.59 Å². The van der Waals surface area contributed by atoms with Crippen LogP contribution < -0.4 is 5.32 Å². The van der Waals surface area contributed by atoms with E-state index in [1.807, 2.05) is 24.3 Å². The maximum atomic E-state index is 11.5. The van der Waals surface area contributed by atoms with Gasteiger partial charge in [-0.15, -0.1) is 0 Å². The van der Waals surface area contributed by atoms with Crippen LogP contribution in [-0.4, -0.2) is 23.0 Å². The molecule has 1 atom stereocenters. The van der Waals surface area contributed by atoms with Crippen molar-refractivity contribution >= 4 is 33.9 Å². The van der Waals surface area contributed by atoms with Crippen LogP contribution in [0.4, 0.5) is 0 Å². The third kappa shape index (κ3) is 4.33. The molecule has 1 aromatic carbocycles. The Kier molecular flexibility index (Phi) is 5.58. The zero-order chi connectivity index (χ0) is 13.5.